The number of carbonyl (C=O) groups excluding carboxylic acids is 2. The molecule has 5 nitrogen and oxygen atoms in total. The zero-order chi connectivity index (χ0) is 8.55. The summed E-state index contributed by atoms with van der Waals surface area (Å²) < 4.78 is 4.50. The monoisotopic (exact) mass is 164 g/mol. The summed E-state index contributed by atoms with van der Waals surface area (Å²) >= 11 is 0. The van der Waals surface area contributed by atoms with Crippen molar-refractivity contribution >= 4 is 17.6 Å². The molecule has 5 heteroatoms. The number of nitrogens with zero attached hydrogens (tertiary/aromatic N) is 2. The molecule has 0 N–H and O–H groups in total. The van der Waals surface area contributed by atoms with Gasteiger partial charge in [0.2, 0.25) is 0 Å². The van der Waals surface area contributed by atoms with E-state index in [2.05, 4.69) is 9.68 Å². The quantitative estimate of drug-likeness (QED) is 0.552. The van der Waals surface area contributed by atoms with Crippen molar-refractivity contribution < 1.29 is 14.1 Å². The molecular weight excluding hydrogens is 160 g/mol. The first-order valence-corrected chi connectivity index (χ1v) is 3.25. The van der Waals surface area contributed by atoms with E-state index in [-0.39, 0.29) is 5.82 Å². The molecule has 1 aliphatic heterocycles. The summed E-state index contributed by atoms with van der Waals surface area (Å²) in [7, 11) is 0. The lowest BCUT2D eigenvalue weighted by Gasteiger charge is -2.07. The average molecular weight is 164 g/mol. The van der Waals surface area contributed by atoms with E-state index in [9.17, 15) is 9.59 Å². The third kappa shape index (κ3) is 0.833. The minimum absolute atomic E-state index is 0.218. The molecule has 0 spiro atoms. The summed E-state index contributed by atoms with van der Waals surface area (Å²) in [5, 5.41) is 3.47. The van der Waals surface area contributed by atoms with Gasteiger partial charge in [-0.15, -0.1) is 0 Å². The lowest BCUT2D eigenvalue weighted by Crippen LogP contribution is -2.29. The summed E-state index contributed by atoms with van der Waals surface area (Å²) in [6.07, 6.45) is 3.68. The molecule has 1 aromatic rings. The number of amides is 2. The molecule has 0 aliphatic carbocycles. The fourth-order valence-electron chi connectivity index (χ4n) is 0.948. The van der Waals surface area contributed by atoms with Gasteiger partial charge < -0.3 is 4.52 Å². The van der Waals surface area contributed by atoms with Crippen molar-refractivity contribution in [2.45, 2.75) is 0 Å². The molecule has 2 amide bonds. The molecule has 0 saturated heterocycles. The maximum atomic E-state index is 11.0. The second-order valence-electron chi connectivity index (χ2n) is 2.20. The summed E-state index contributed by atoms with van der Waals surface area (Å²) in [5.74, 6) is -0.571. The van der Waals surface area contributed by atoms with Crippen LogP contribution in [0.15, 0.2) is 29.0 Å². The predicted octanol–water partition coefficient (Wildman–Crippen LogP) is 0.104. The van der Waals surface area contributed by atoms with Crippen LogP contribution in [0.3, 0.4) is 0 Å². The Morgan fingerprint density at radius 3 is 2.42 bits per heavy atom. The Labute approximate surface area is 67.2 Å². The Morgan fingerprint density at radius 2 is 1.92 bits per heavy atom. The van der Waals surface area contributed by atoms with Gasteiger partial charge in [0.15, 0.2) is 5.82 Å². The van der Waals surface area contributed by atoms with Crippen LogP contribution in [0.25, 0.3) is 0 Å². The van der Waals surface area contributed by atoms with Crippen LogP contribution in [0.1, 0.15) is 0 Å². The first kappa shape index (κ1) is 6.78. The number of hydrogen-bond donors (Lipinski definition) is 0. The smallest absolute Gasteiger partial charge is 0.259 e. The van der Waals surface area contributed by atoms with E-state index in [1.807, 2.05) is 0 Å². The third-order valence-electron chi connectivity index (χ3n) is 1.46. The van der Waals surface area contributed by atoms with Crippen molar-refractivity contribution in [2.24, 2.45) is 0 Å². The van der Waals surface area contributed by atoms with Crippen LogP contribution in [-0.4, -0.2) is 17.0 Å². The van der Waals surface area contributed by atoms with Gasteiger partial charge in [0.05, 0.1) is 0 Å². The van der Waals surface area contributed by atoms with Crippen molar-refractivity contribution in [1.82, 2.24) is 5.16 Å². The molecule has 1 aliphatic rings. The van der Waals surface area contributed by atoms with Crippen LogP contribution in [0, 0.1) is 0 Å². The van der Waals surface area contributed by atoms with E-state index in [0.717, 1.165) is 4.90 Å². The summed E-state index contributed by atoms with van der Waals surface area (Å²) in [4.78, 5) is 23.0. The fraction of sp³-hybridized carbons (Fsp3) is 0. The normalized spacial score (nSPS) is 16.2. The van der Waals surface area contributed by atoms with Crippen LogP contribution in [0.4, 0.5) is 5.82 Å². The zero-order valence-electron chi connectivity index (χ0n) is 5.93. The fourth-order valence-corrected chi connectivity index (χ4v) is 0.948. The van der Waals surface area contributed by atoms with Crippen molar-refractivity contribution in [2.75, 3.05) is 4.90 Å². The van der Waals surface area contributed by atoms with Crippen LogP contribution < -0.4 is 4.90 Å². The second-order valence-corrected chi connectivity index (χ2v) is 2.20. The van der Waals surface area contributed by atoms with Gasteiger partial charge in [-0.05, 0) is 0 Å². The highest BCUT2D eigenvalue weighted by molar-refractivity contribution is 6.27. The molecule has 0 unspecified atom stereocenters. The van der Waals surface area contributed by atoms with Gasteiger partial charge in [-0.25, -0.2) is 4.90 Å². The summed E-state index contributed by atoms with van der Waals surface area (Å²) in [6, 6.07) is 1.45. The zero-order valence-corrected chi connectivity index (χ0v) is 5.93. The third-order valence-corrected chi connectivity index (χ3v) is 1.46. The van der Waals surface area contributed by atoms with Gasteiger partial charge in [-0.1, -0.05) is 5.16 Å². The number of carbonyl (C=O) groups is 2. The minimum atomic E-state index is -0.395. The van der Waals surface area contributed by atoms with Crippen molar-refractivity contribution in [3.05, 3.63) is 24.5 Å². The van der Waals surface area contributed by atoms with E-state index >= 15 is 0 Å². The van der Waals surface area contributed by atoms with E-state index < -0.39 is 11.8 Å². The molecule has 1 aromatic heterocycles. The minimum Gasteiger partial charge on any atom is -0.363 e. The maximum absolute atomic E-state index is 11.0. The van der Waals surface area contributed by atoms with Gasteiger partial charge in [-0.2, -0.15) is 0 Å². The maximum Gasteiger partial charge on any atom is 0.259 e. The Morgan fingerprint density at radius 1 is 1.25 bits per heavy atom. The highest BCUT2D eigenvalue weighted by Crippen LogP contribution is 2.15. The molecule has 2 heterocycles. The van der Waals surface area contributed by atoms with Gasteiger partial charge >= 0.3 is 0 Å². The van der Waals surface area contributed by atoms with Gasteiger partial charge in [0, 0.05) is 18.2 Å². The van der Waals surface area contributed by atoms with E-state index in [1.165, 1.54) is 24.5 Å². The largest absolute Gasteiger partial charge is 0.363 e. The summed E-state index contributed by atoms with van der Waals surface area (Å²) in [6.45, 7) is 0. The van der Waals surface area contributed by atoms with Crippen LogP contribution in [0.2, 0.25) is 0 Å². The molecule has 0 bridgehead atoms. The van der Waals surface area contributed by atoms with E-state index in [4.69, 9.17) is 0 Å². The highest BCUT2D eigenvalue weighted by atomic mass is 16.5. The van der Waals surface area contributed by atoms with Gasteiger partial charge in [-0.3, -0.25) is 9.59 Å². The highest BCUT2D eigenvalue weighted by Gasteiger charge is 2.26. The average Bonchev–Trinajstić information content (AvgIpc) is 2.61. The molecule has 0 radical (unpaired) electrons. The molecule has 2 rings (SSSR count). The standard InChI is InChI=1S/C7H4N2O3/c10-6-1-2-7(11)9(6)5-3-4-12-8-5/h1-4H. The molecule has 60 valence electrons. The summed E-state index contributed by atoms with van der Waals surface area (Å²) in [5.41, 5.74) is 0. The number of rotatable bonds is 1. The molecule has 0 saturated carbocycles. The molecule has 12 heavy (non-hydrogen) atoms. The van der Waals surface area contributed by atoms with Crippen molar-refractivity contribution in [3.8, 4) is 0 Å². The van der Waals surface area contributed by atoms with Gasteiger partial charge in [0.1, 0.15) is 6.26 Å². The molecule has 0 fully saturated rings. The first-order valence-electron chi connectivity index (χ1n) is 3.25. The Kier molecular flexibility index (Phi) is 1.30. The molecule has 0 atom stereocenters. The van der Waals surface area contributed by atoms with Crippen LogP contribution >= 0.6 is 0 Å². The topological polar surface area (TPSA) is 63.4 Å². The van der Waals surface area contributed by atoms with Crippen molar-refractivity contribution in [3.63, 3.8) is 0 Å². The van der Waals surface area contributed by atoms with Gasteiger partial charge in [0.25, 0.3) is 11.8 Å². The van der Waals surface area contributed by atoms with Crippen LogP contribution in [-0.2, 0) is 9.59 Å². The lowest BCUT2D eigenvalue weighted by molar-refractivity contribution is -0.120. The molecule has 0 aromatic carbocycles. The van der Waals surface area contributed by atoms with E-state index in [0.29, 0.717) is 0 Å². The Bertz CT molecular complexity index is 335. The Hall–Kier alpha value is -1.91. The number of anilines is 1. The number of hydrogen-bond acceptors (Lipinski definition) is 4. The Balaban J connectivity index is 2.37. The van der Waals surface area contributed by atoms with E-state index in [1.54, 1.807) is 0 Å². The molecular formula is C7H4N2O3. The number of imide groups is 1. The number of aromatic nitrogens is 1. The predicted molar refractivity (Wildman–Crippen MR) is 38.1 cm³/mol. The second kappa shape index (κ2) is 2.30. The lowest BCUT2D eigenvalue weighted by atomic mass is 10.5. The van der Waals surface area contributed by atoms with Crippen LogP contribution in [0.5, 0.6) is 0 Å². The SMILES string of the molecule is O=C1C=CC(=O)N1c1ccon1. The first-order chi connectivity index (χ1) is 5.79. The van der Waals surface area contributed by atoms with Crippen molar-refractivity contribution in [1.29, 1.82) is 0 Å².